The van der Waals surface area contributed by atoms with Crippen molar-refractivity contribution in [2.45, 2.75) is 50.2 Å². The second-order valence-electron chi connectivity index (χ2n) is 9.74. The lowest BCUT2D eigenvalue weighted by molar-refractivity contribution is -0.147. The monoisotopic (exact) mass is 549 g/mol. The molecule has 1 unspecified atom stereocenters. The van der Waals surface area contributed by atoms with Crippen LogP contribution in [-0.4, -0.2) is 76.6 Å². The van der Waals surface area contributed by atoms with Gasteiger partial charge < -0.3 is 17.2 Å². The first-order valence-corrected chi connectivity index (χ1v) is 13.9. The van der Waals surface area contributed by atoms with Crippen molar-refractivity contribution >= 4 is 45.1 Å². The molecule has 0 saturated carbocycles. The van der Waals surface area contributed by atoms with Crippen LogP contribution in [0.15, 0.2) is 59.6 Å². The average molecular weight is 550 g/mol. The SMILES string of the molecule is CN(C(=O)[C@H](N)Cc1ccccc1)C(=O)[C@@H]1CCCN1C(CCCN=C(N)N)C(=O)c1nc2ccccc2s1. The number of likely N-dealkylation sites (N-methyl/N-ethyl adjacent to an activating group) is 1. The fourth-order valence-electron chi connectivity index (χ4n) is 5.02. The molecule has 6 N–H and O–H groups in total. The molecule has 1 fully saturated rings. The van der Waals surface area contributed by atoms with E-state index in [9.17, 15) is 14.4 Å². The normalized spacial score (nSPS) is 17.0. The van der Waals surface area contributed by atoms with E-state index in [4.69, 9.17) is 17.2 Å². The third kappa shape index (κ3) is 6.86. The lowest BCUT2D eigenvalue weighted by Gasteiger charge is -2.33. The number of fused-ring (bicyclic) bond motifs is 1. The number of amides is 2. The highest BCUT2D eigenvalue weighted by molar-refractivity contribution is 7.20. The smallest absolute Gasteiger partial charge is 0.246 e. The summed E-state index contributed by atoms with van der Waals surface area (Å²) in [5.41, 5.74) is 18.8. The molecule has 2 heterocycles. The number of carbonyl (C=O) groups excluding carboxylic acids is 3. The summed E-state index contributed by atoms with van der Waals surface area (Å²) in [6.45, 7) is 0.920. The fraction of sp³-hybridized carbons (Fsp3) is 0.393. The highest BCUT2D eigenvalue weighted by Crippen LogP contribution is 2.29. The topological polar surface area (TPSA) is 161 Å². The van der Waals surface area contributed by atoms with Crippen LogP contribution in [0.5, 0.6) is 0 Å². The van der Waals surface area contributed by atoms with Crippen molar-refractivity contribution in [3.8, 4) is 0 Å². The number of para-hydroxylation sites is 1. The molecule has 0 aliphatic carbocycles. The van der Waals surface area contributed by atoms with E-state index >= 15 is 0 Å². The molecule has 4 rings (SSSR count). The molecule has 2 amide bonds. The maximum absolute atomic E-state index is 13.8. The molecule has 11 heteroatoms. The largest absolute Gasteiger partial charge is 0.370 e. The molecule has 2 aromatic carbocycles. The molecular weight excluding hydrogens is 514 g/mol. The minimum atomic E-state index is -0.851. The standard InChI is InChI=1S/C28H35N7O3S/c1-34(26(37)19(29)17-18-9-3-2-4-10-18)27(38)22-13-8-16-35(22)21(12-7-15-32-28(30)31)24(36)25-33-20-11-5-6-14-23(20)39-25/h2-6,9-11,14,19,21-22H,7-8,12-13,15-17,29H2,1H3,(H4,30,31,32)/t19-,21?,22+/m1/s1. The van der Waals surface area contributed by atoms with Gasteiger partial charge in [0, 0.05) is 13.6 Å². The molecule has 206 valence electrons. The molecule has 0 radical (unpaired) electrons. The number of benzene rings is 2. The van der Waals surface area contributed by atoms with Crippen molar-refractivity contribution in [1.82, 2.24) is 14.8 Å². The van der Waals surface area contributed by atoms with Gasteiger partial charge in [-0.1, -0.05) is 42.5 Å². The Bertz CT molecular complexity index is 1310. The number of nitrogens with two attached hydrogens (primary N) is 3. The van der Waals surface area contributed by atoms with Crippen LogP contribution in [-0.2, 0) is 16.0 Å². The van der Waals surface area contributed by atoms with E-state index in [1.54, 1.807) is 0 Å². The highest BCUT2D eigenvalue weighted by Gasteiger charge is 2.41. The minimum absolute atomic E-state index is 0.00902. The Balaban J connectivity index is 1.52. The van der Waals surface area contributed by atoms with Crippen molar-refractivity contribution in [3.05, 3.63) is 65.2 Å². The average Bonchev–Trinajstić information content (AvgIpc) is 3.59. The molecule has 1 saturated heterocycles. The summed E-state index contributed by atoms with van der Waals surface area (Å²) in [7, 11) is 1.47. The quantitative estimate of drug-likeness (QED) is 0.141. The number of hydrogen-bond donors (Lipinski definition) is 3. The van der Waals surface area contributed by atoms with Gasteiger partial charge in [-0.25, -0.2) is 4.98 Å². The van der Waals surface area contributed by atoms with Crippen molar-refractivity contribution in [1.29, 1.82) is 0 Å². The third-order valence-electron chi connectivity index (χ3n) is 6.99. The Labute approximate surface area is 231 Å². The van der Waals surface area contributed by atoms with E-state index in [1.807, 2.05) is 59.5 Å². The van der Waals surface area contributed by atoms with E-state index in [1.165, 1.54) is 18.4 Å². The van der Waals surface area contributed by atoms with Gasteiger partial charge in [-0.05, 0) is 56.3 Å². The number of ketones is 1. The maximum Gasteiger partial charge on any atom is 0.246 e. The lowest BCUT2D eigenvalue weighted by Crippen LogP contribution is -2.54. The van der Waals surface area contributed by atoms with Gasteiger partial charge in [0.25, 0.3) is 0 Å². The van der Waals surface area contributed by atoms with Crippen molar-refractivity contribution < 1.29 is 14.4 Å². The van der Waals surface area contributed by atoms with E-state index in [2.05, 4.69) is 9.98 Å². The summed E-state index contributed by atoms with van der Waals surface area (Å²) in [5, 5.41) is 0.399. The number of hydrogen-bond acceptors (Lipinski definition) is 8. The summed E-state index contributed by atoms with van der Waals surface area (Å²) in [6.07, 6.45) is 2.59. The Morgan fingerprint density at radius 2 is 1.85 bits per heavy atom. The summed E-state index contributed by atoms with van der Waals surface area (Å²) in [4.78, 5) is 52.2. The summed E-state index contributed by atoms with van der Waals surface area (Å²) in [6, 6.07) is 15.0. The zero-order valence-electron chi connectivity index (χ0n) is 22.0. The van der Waals surface area contributed by atoms with Crippen LogP contribution in [0.4, 0.5) is 0 Å². The molecule has 0 spiro atoms. The molecular formula is C28H35N7O3S. The van der Waals surface area contributed by atoms with Crippen LogP contribution in [0.25, 0.3) is 10.2 Å². The van der Waals surface area contributed by atoms with Crippen molar-refractivity contribution in [3.63, 3.8) is 0 Å². The Morgan fingerprint density at radius 1 is 1.13 bits per heavy atom. The zero-order chi connectivity index (χ0) is 27.9. The van der Waals surface area contributed by atoms with Gasteiger partial charge in [-0.2, -0.15) is 0 Å². The van der Waals surface area contributed by atoms with Crippen molar-refractivity contribution in [2.75, 3.05) is 20.1 Å². The molecule has 1 aliphatic heterocycles. The molecule has 10 nitrogen and oxygen atoms in total. The van der Waals surface area contributed by atoms with Gasteiger partial charge in [-0.3, -0.25) is 29.2 Å². The first kappa shape index (κ1) is 28.3. The van der Waals surface area contributed by atoms with Gasteiger partial charge in [0.2, 0.25) is 17.6 Å². The van der Waals surface area contributed by atoms with Crippen LogP contribution in [0.3, 0.4) is 0 Å². The number of thiazole rings is 1. The third-order valence-corrected chi connectivity index (χ3v) is 8.04. The summed E-state index contributed by atoms with van der Waals surface area (Å²) in [5.74, 6) is -0.953. The van der Waals surface area contributed by atoms with E-state index in [-0.39, 0.29) is 17.6 Å². The second kappa shape index (κ2) is 12.9. The number of aliphatic imine (C=N–C) groups is 1. The Hall–Kier alpha value is -3.67. The van der Waals surface area contributed by atoms with Crippen LogP contribution in [0.2, 0.25) is 0 Å². The predicted molar refractivity (Wildman–Crippen MR) is 153 cm³/mol. The molecule has 0 bridgehead atoms. The molecule has 3 atom stereocenters. The first-order chi connectivity index (χ1) is 18.8. The highest BCUT2D eigenvalue weighted by atomic mass is 32.1. The number of likely N-dealkylation sites (tertiary alicyclic amines) is 1. The molecule has 39 heavy (non-hydrogen) atoms. The number of rotatable bonds is 11. The van der Waals surface area contributed by atoms with Crippen LogP contribution >= 0.6 is 11.3 Å². The molecule has 1 aromatic heterocycles. The van der Waals surface area contributed by atoms with Gasteiger partial charge >= 0.3 is 0 Å². The van der Waals surface area contributed by atoms with Gasteiger partial charge in [0.05, 0.1) is 28.3 Å². The van der Waals surface area contributed by atoms with Crippen LogP contribution < -0.4 is 17.2 Å². The Kier molecular flexibility index (Phi) is 9.39. The van der Waals surface area contributed by atoms with Crippen LogP contribution in [0, 0.1) is 0 Å². The van der Waals surface area contributed by atoms with E-state index in [0.29, 0.717) is 43.8 Å². The fourth-order valence-corrected chi connectivity index (χ4v) is 5.98. The summed E-state index contributed by atoms with van der Waals surface area (Å²) < 4.78 is 0.923. The Morgan fingerprint density at radius 3 is 2.56 bits per heavy atom. The maximum atomic E-state index is 13.8. The summed E-state index contributed by atoms with van der Waals surface area (Å²) >= 11 is 1.34. The van der Waals surface area contributed by atoms with Gasteiger partial charge in [0.15, 0.2) is 11.0 Å². The number of imide groups is 1. The number of nitrogens with zero attached hydrogens (tertiary/aromatic N) is 4. The zero-order valence-corrected chi connectivity index (χ0v) is 22.8. The first-order valence-electron chi connectivity index (χ1n) is 13.1. The predicted octanol–water partition coefficient (Wildman–Crippen LogP) is 1.92. The van der Waals surface area contributed by atoms with Crippen LogP contribution in [0.1, 0.15) is 41.0 Å². The lowest BCUT2D eigenvalue weighted by atomic mass is 10.0. The number of carbonyl (C=O) groups is 3. The number of guanidine groups is 1. The second-order valence-corrected chi connectivity index (χ2v) is 10.8. The van der Waals surface area contributed by atoms with Gasteiger partial charge in [-0.15, -0.1) is 11.3 Å². The van der Waals surface area contributed by atoms with Gasteiger partial charge in [0.1, 0.15) is 0 Å². The minimum Gasteiger partial charge on any atom is -0.370 e. The van der Waals surface area contributed by atoms with Crippen molar-refractivity contribution in [2.24, 2.45) is 22.2 Å². The van der Waals surface area contributed by atoms with E-state index in [0.717, 1.165) is 27.1 Å². The number of aromatic nitrogens is 1. The molecule has 1 aliphatic rings. The molecule has 3 aromatic rings. The number of Topliss-reactive ketones (excluding diaryl/α,β-unsaturated/α-hetero) is 1. The van der Waals surface area contributed by atoms with E-state index < -0.39 is 24.0 Å².